The number of hydrogen-bond donors (Lipinski definition) is 1. The van der Waals surface area contributed by atoms with Gasteiger partial charge in [-0.25, -0.2) is 9.37 Å². The van der Waals surface area contributed by atoms with Crippen LogP contribution in [0.25, 0.3) is 10.8 Å². The van der Waals surface area contributed by atoms with Crippen molar-refractivity contribution in [2.24, 2.45) is 7.05 Å². The SMILES string of the molecule is Cn1ccnc1C(NC(=O)Cc1ccc2ccccc2c1)c1ccc(F)cc1. The van der Waals surface area contributed by atoms with E-state index in [0.717, 1.165) is 21.9 Å². The third-order valence-corrected chi connectivity index (χ3v) is 4.80. The Bertz CT molecular complexity index is 1120. The third kappa shape index (κ3) is 3.78. The average Bonchev–Trinajstić information content (AvgIpc) is 3.12. The highest BCUT2D eigenvalue weighted by Crippen LogP contribution is 2.22. The van der Waals surface area contributed by atoms with Gasteiger partial charge in [-0.3, -0.25) is 4.79 Å². The number of amides is 1. The quantitative estimate of drug-likeness (QED) is 0.571. The van der Waals surface area contributed by atoms with Gasteiger partial charge in [0.15, 0.2) is 0 Å². The molecule has 1 amide bonds. The summed E-state index contributed by atoms with van der Waals surface area (Å²) in [4.78, 5) is 17.2. The first-order valence-corrected chi connectivity index (χ1v) is 9.10. The van der Waals surface area contributed by atoms with E-state index in [-0.39, 0.29) is 18.1 Å². The zero-order valence-corrected chi connectivity index (χ0v) is 15.5. The molecule has 0 bridgehead atoms. The Morgan fingerprint density at radius 1 is 1.07 bits per heavy atom. The van der Waals surface area contributed by atoms with Crippen molar-refractivity contribution >= 4 is 16.7 Å². The number of aromatic nitrogens is 2. The van der Waals surface area contributed by atoms with E-state index < -0.39 is 6.04 Å². The monoisotopic (exact) mass is 373 g/mol. The first kappa shape index (κ1) is 17.9. The molecule has 0 aliphatic heterocycles. The number of aryl methyl sites for hydroxylation is 1. The van der Waals surface area contributed by atoms with E-state index in [0.29, 0.717) is 5.82 Å². The number of nitrogens with one attached hydrogen (secondary N) is 1. The lowest BCUT2D eigenvalue weighted by atomic mass is 10.0. The van der Waals surface area contributed by atoms with Crippen LogP contribution in [0.2, 0.25) is 0 Å². The van der Waals surface area contributed by atoms with Gasteiger partial charge in [0.05, 0.1) is 6.42 Å². The number of carbonyl (C=O) groups is 1. The summed E-state index contributed by atoms with van der Waals surface area (Å²) in [6.07, 6.45) is 3.76. The molecule has 5 heteroatoms. The van der Waals surface area contributed by atoms with Crippen LogP contribution in [-0.4, -0.2) is 15.5 Å². The van der Waals surface area contributed by atoms with Gasteiger partial charge in [0.2, 0.25) is 5.91 Å². The van der Waals surface area contributed by atoms with E-state index in [1.807, 2.05) is 60.3 Å². The molecule has 0 saturated carbocycles. The Morgan fingerprint density at radius 3 is 2.54 bits per heavy atom. The molecule has 140 valence electrons. The van der Waals surface area contributed by atoms with Crippen LogP contribution < -0.4 is 5.32 Å². The van der Waals surface area contributed by atoms with Crippen LogP contribution in [0.5, 0.6) is 0 Å². The predicted octanol–water partition coefficient (Wildman–Crippen LogP) is 4.16. The van der Waals surface area contributed by atoms with Crippen LogP contribution in [0.3, 0.4) is 0 Å². The summed E-state index contributed by atoms with van der Waals surface area (Å²) in [6.45, 7) is 0. The maximum absolute atomic E-state index is 13.3. The van der Waals surface area contributed by atoms with Crippen molar-refractivity contribution in [1.29, 1.82) is 0 Å². The summed E-state index contributed by atoms with van der Waals surface area (Å²) in [6, 6.07) is 19.8. The fourth-order valence-electron chi connectivity index (χ4n) is 3.35. The molecule has 0 aliphatic carbocycles. The second kappa shape index (κ2) is 7.64. The minimum Gasteiger partial charge on any atom is -0.342 e. The van der Waals surface area contributed by atoms with Gasteiger partial charge in [-0.05, 0) is 34.0 Å². The molecule has 1 atom stereocenters. The molecule has 0 aliphatic rings. The first-order valence-electron chi connectivity index (χ1n) is 9.10. The maximum Gasteiger partial charge on any atom is 0.225 e. The molecule has 1 heterocycles. The van der Waals surface area contributed by atoms with E-state index >= 15 is 0 Å². The molecule has 28 heavy (non-hydrogen) atoms. The van der Waals surface area contributed by atoms with Gasteiger partial charge in [0.25, 0.3) is 0 Å². The minimum atomic E-state index is -0.450. The Kier molecular flexibility index (Phi) is 4.89. The number of hydrogen-bond acceptors (Lipinski definition) is 2. The second-order valence-electron chi connectivity index (χ2n) is 6.81. The predicted molar refractivity (Wildman–Crippen MR) is 107 cm³/mol. The molecule has 0 spiro atoms. The van der Waals surface area contributed by atoms with Gasteiger partial charge >= 0.3 is 0 Å². The molecule has 0 radical (unpaired) electrons. The topological polar surface area (TPSA) is 46.9 Å². The van der Waals surface area contributed by atoms with Crippen LogP contribution >= 0.6 is 0 Å². The lowest BCUT2D eigenvalue weighted by molar-refractivity contribution is -0.121. The lowest BCUT2D eigenvalue weighted by Crippen LogP contribution is -2.32. The Balaban J connectivity index is 1.58. The molecule has 4 rings (SSSR count). The van der Waals surface area contributed by atoms with Crippen molar-refractivity contribution in [3.05, 3.63) is 102 Å². The van der Waals surface area contributed by atoms with Crippen molar-refractivity contribution in [2.75, 3.05) is 0 Å². The average molecular weight is 373 g/mol. The number of imidazole rings is 1. The Hall–Kier alpha value is -3.47. The van der Waals surface area contributed by atoms with E-state index in [1.54, 1.807) is 18.3 Å². The number of nitrogens with zero attached hydrogens (tertiary/aromatic N) is 2. The molecule has 1 unspecified atom stereocenters. The highest BCUT2D eigenvalue weighted by molar-refractivity contribution is 5.85. The lowest BCUT2D eigenvalue weighted by Gasteiger charge is -2.19. The van der Waals surface area contributed by atoms with Crippen molar-refractivity contribution in [1.82, 2.24) is 14.9 Å². The van der Waals surface area contributed by atoms with Crippen LogP contribution in [-0.2, 0) is 18.3 Å². The zero-order valence-electron chi connectivity index (χ0n) is 15.5. The molecule has 4 nitrogen and oxygen atoms in total. The van der Waals surface area contributed by atoms with Gasteiger partial charge in [0.1, 0.15) is 17.7 Å². The fourth-order valence-corrected chi connectivity index (χ4v) is 3.35. The van der Waals surface area contributed by atoms with Gasteiger partial charge < -0.3 is 9.88 Å². The molecule has 1 aromatic heterocycles. The summed E-state index contributed by atoms with van der Waals surface area (Å²) in [5.74, 6) is 0.260. The summed E-state index contributed by atoms with van der Waals surface area (Å²) in [7, 11) is 1.87. The summed E-state index contributed by atoms with van der Waals surface area (Å²) in [5.41, 5.74) is 1.72. The molecule has 3 aromatic carbocycles. The van der Waals surface area contributed by atoms with Crippen molar-refractivity contribution in [3.63, 3.8) is 0 Å². The van der Waals surface area contributed by atoms with E-state index in [1.165, 1.54) is 12.1 Å². The highest BCUT2D eigenvalue weighted by atomic mass is 19.1. The summed E-state index contributed by atoms with van der Waals surface area (Å²) < 4.78 is 15.2. The molecule has 4 aromatic rings. The van der Waals surface area contributed by atoms with Gasteiger partial charge in [-0.2, -0.15) is 0 Å². The second-order valence-corrected chi connectivity index (χ2v) is 6.81. The van der Waals surface area contributed by atoms with Crippen molar-refractivity contribution < 1.29 is 9.18 Å². The molecule has 1 N–H and O–H groups in total. The number of carbonyl (C=O) groups excluding carboxylic acids is 1. The zero-order chi connectivity index (χ0) is 19.5. The Labute approximate surface area is 162 Å². The van der Waals surface area contributed by atoms with Crippen molar-refractivity contribution in [3.8, 4) is 0 Å². The minimum absolute atomic E-state index is 0.118. The third-order valence-electron chi connectivity index (χ3n) is 4.80. The molecule has 0 saturated heterocycles. The molecular weight excluding hydrogens is 353 g/mol. The van der Waals surface area contributed by atoms with Crippen LogP contribution in [0.4, 0.5) is 4.39 Å². The van der Waals surface area contributed by atoms with E-state index in [2.05, 4.69) is 10.3 Å². The van der Waals surface area contributed by atoms with Crippen molar-refractivity contribution in [2.45, 2.75) is 12.5 Å². The normalized spacial score (nSPS) is 12.1. The van der Waals surface area contributed by atoms with Gasteiger partial charge in [0, 0.05) is 19.4 Å². The molecule has 0 fully saturated rings. The van der Waals surface area contributed by atoms with Crippen LogP contribution in [0, 0.1) is 5.82 Å². The van der Waals surface area contributed by atoms with Gasteiger partial charge in [-0.1, -0.05) is 54.6 Å². The number of benzene rings is 3. The Morgan fingerprint density at radius 2 is 1.82 bits per heavy atom. The maximum atomic E-state index is 13.3. The van der Waals surface area contributed by atoms with Crippen LogP contribution in [0.1, 0.15) is 23.0 Å². The number of halogens is 1. The summed E-state index contributed by atoms with van der Waals surface area (Å²) >= 11 is 0. The van der Waals surface area contributed by atoms with Gasteiger partial charge in [-0.15, -0.1) is 0 Å². The smallest absolute Gasteiger partial charge is 0.225 e. The first-order chi connectivity index (χ1) is 13.6. The largest absolute Gasteiger partial charge is 0.342 e. The standard InChI is InChI=1S/C23H20FN3O/c1-27-13-12-25-23(27)22(18-8-10-20(24)11-9-18)26-21(28)15-16-6-7-17-4-2-3-5-19(17)14-16/h2-14,22H,15H2,1H3,(H,26,28). The van der Waals surface area contributed by atoms with E-state index in [4.69, 9.17) is 0 Å². The molecular formula is C23H20FN3O. The number of fused-ring (bicyclic) bond motifs is 1. The summed E-state index contributed by atoms with van der Waals surface area (Å²) in [5, 5.41) is 5.29. The number of rotatable bonds is 5. The van der Waals surface area contributed by atoms with E-state index in [9.17, 15) is 9.18 Å². The fraction of sp³-hybridized carbons (Fsp3) is 0.130. The van der Waals surface area contributed by atoms with Crippen LogP contribution in [0.15, 0.2) is 79.1 Å². The highest BCUT2D eigenvalue weighted by Gasteiger charge is 2.21.